The fourth-order valence-corrected chi connectivity index (χ4v) is 2.11. The minimum Gasteiger partial charge on any atom is -0.461 e. The predicted octanol–water partition coefficient (Wildman–Crippen LogP) is 1.68. The first-order valence-electron chi connectivity index (χ1n) is 7.05. The minimum atomic E-state index is 0.0260. The number of anilines is 2. The van der Waals surface area contributed by atoms with E-state index < -0.39 is 0 Å². The second-order valence-corrected chi connectivity index (χ2v) is 5.23. The summed E-state index contributed by atoms with van der Waals surface area (Å²) < 4.78 is 11.1. The molecule has 0 spiro atoms. The monoisotopic (exact) mass is 281 g/mol. The summed E-state index contributed by atoms with van der Waals surface area (Å²) in [6, 6.07) is 0.653. The largest absolute Gasteiger partial charge is 0.461 e. The zero-order valence-electron chi connectivity index (χ0n) is 12.5. The Kier molecular flexibility index (Phi) is 4.94. The summed E-state index contributed by atoms with van der Waals surface area (Å²) in [5.41, 5.74) is 0. The normalized spacial score (nSPS) is 22.6. The number of hydrogen-bond acceptors (Lipinski definition) is 7. The van der Waals surface area contributed by atoms with Gasteiger partial charge in [-0.3, -0.25) is 0 Å². The molecule has 1 aliphatic rings. The van der Waals surface area contributed by atoms with Crippen LogP contribution >= 0.6 is 0 Å². The van der Waals surface area contributed by atoms with Gasteiger partial charge >= 0.3 is 6.01 Å². The molecule has 112 valence electrons. The van der Waals surface area contributed by atoms with E-state index in [1.165, 1.54) is 0 Å². The molecule has 0 saturated carbocycles. The van der Waals surface area contributed by atoms with Crippen molar-refractivity contribution in [3.8, 4) is 6.01 Å². The molecular formula is C13H23N5O2. The second kappa shape index (κ2) is 6.69. The minimum absolute atomic E-state index is 0.0260. The van der Waals surface area contributed by atoms with E-state index in [0.717, 1.165) is 19.4 Å². The van der Waals surface area contributed by atoms with Crippen LogP contribution in [0.5, 0.6) is 6.01 Å². The molecular weight excluding hydrogens is 258 g/mol. The van der Waals surface area contributed by atoms with Crippen molar-refractivity contribution in [3.63, 3.8) is 0 Å². The van der Waals surface area contributed by atoms with E-state index in [4.69, 9.17) is 9.47 Å². The van der Waals surface area contributed by atoms with Crippen molar-refractivity contribution in [2.45, 2.75) is 51.9 Å². The average Bonchev–Trinajstić information content (AvgIpc) is 2.37. The van der Waals surface area contributed by atoms with Gasteiger partial charge in [0.25, 0.3) is 0 Å². The van der Waals surface area contributed by atoms with E-state index in [-0.39, 0.29) is 12.2 Å². The Balaban J connectivity index is 2.09. The molecule has 7 heteroatoms. The highest BCUT2D eigenvalue weighted by atomic mass is 16.5. The van der Waals surface area contributed by atoms with Crippen LogP contribution in [0.3, 0.4) is 0 Å². The smallest absolute Gasteiger partial charge is 0.323 e. The molecule has 1 aliphatic heterocycles. The zero-order chi connectivity index (χ0) is 14.5. The van der Waals surface area contributed by atoms with Crippen molar-refractivity contribution >= 4 is 11.9 Å². The van der Waals surface area contributed by atoms with E-state index in [9.17, 15) is 0 Å². The van der Waals surface area contributed by atoms with Crippen molar-refractivity contribution in [2.24, 2.45) is 0 Å². The third kappa shape index (κ3) is 4.19. The van der Waals surface area contributed by atoms with Gasteiger partial charge in [-0.25, -0.2) is 0 Å². The third-order valence-electron chi connectivity index (χ3n) is 3.00. The first-order valence-corrected chi connectivity index (χ1v) is 7.05. The van der Waals surface area contributed by atoms with Gasteiger partial charge in [0.15, 0.2) is 0 Å². The molecule has 0 aromatic carbocycles. The number of hydrogen-bond donors (Lipinski definition) is 2. The van der Waals surface area contributed by atoms with Crippen molar-refractivity contribution in [1.82, 2.24) is 15.0 Å². The summed E-state index contributed by atoms with van der Waals surface area (Å²) in [6.07, 6.45) is 2.18. The van der Waals surface area contributed by atoms with Crippen molar-refractivity contribution in [3.05, 3.63) is 0 Å². The van der Waals surface area contributed by atoms with Crippen molar-refractivity contribution < 1.29 is 9.47 Å². The number of rotatable bonds is 5. The Morgan fingerprint density at radius 1 is 1.25 bits per heavy atom. The summed E-state index contributed by atoms with van der Waals surface area (Å²) in [7, 11) is 1.77. The van der Waals surface area contributed by atoms with Crippen LogP contribution < -0.4 is 15.4 Å². The lowest BCUT2D eigenvalue weighted by atomic mass is 10.0. The lowest BCUT2D eigenvalue weighted by Gasteiger charge is -2.28. The molecule has 0 aliphatic carbocycles. The Morgan fingerprint density at radius 3 is 2.65 bits per heavy atom. The molecule has 1 aromatic rings. The van der Waals surface area contributed by atoms with Crippen LogP contribution in [0.4, 0.5) is 11.9 Å². The van der Waals surface area contributed by atoms with Crippen LogP contribution in [-0.4, -0.2) is 46.9 Å². The van der Waals surface area contributed by atoms with E-state index >= 15 is 0 Å². The molecule has 0 amide bonds. The summed E-state index contributed by atoms with van der Waals surface area (Å²) in [4.78, 5) is 12.8. The van der Waals surface area contributed by atoms with Crippen molar-refractivity contribution in [1.29, 1.82) is 0 Å². The topological polar surface area (TPSA) is 81.2 Å². The van der Waals surface area contributed by atoms with Gasteiger partial charge in [-0.1, -0.05) is 0 Å². The van der Waals surface area contributed by atoms with Crippen LogP contribution in [0, 0.1) is 0 Å². The summed E-state index contributed by atoms with van der Waals surface area (Å²) in [5.74, 6) is 1.04. The molecule has 20 heavy (non-hydrogen) atoms. The summed E-state index contributed by atoms with van der Waals surface area (Å²) in [6.45, 7) is 6.72. The maximum atomic E-state index is 5.54. The van der Waals surface area contributed by atoms with Crippen LogP contribution in [0.15, 0.2) is 0 Å². The highest BCUT2D eigenvalue weighted by Crippen LogP contribution is 2.18. The van der Waals surface area contributed by atoms with E-state index in [1.54, 1.807) is 7.05 Å². The Morgan fingerprint density at radius 2 is 2.00 bits per heavy atom. The SMILES string of the molecule is CNc1nc(NC2CCOC(C)C2)nc(OC(C)C)n1. The highest BCUT2D eigenvalue weighted by Gasteiger charge is 2.20. The van der Waals surface area contributed by atoms with Gasteiger partial charge in [0.05, 0.1) is 12.2 Å². The molecule has 1 saturated heterocycles. The highest BCUT2D eigenvalue weighted by molar-refractivity contribution is 5.36. The maximum absolute atomic E-state index is 5.54. The second-order valence-electron chi connectivity index (χ2n) is 5.23. The van der Waals surface area contributed by atoms with Gasteiger partial charge in [0, 0.05) is 19.7 Å². The first kappa shape index (κ1) is 14.8. The van der Waals surface area contributed by atoms with Crippen LogP contribution in [-0.2, 0) is 4.74 Å². The number of nitrogens with one attached hydrogen (secondary N) is 2. The fraction of sp³-hybridized carbons (Fsp3) is 0.769. The van der Waals surface area contributed by atoms with Gasteiger partial charge in [0.2, 0.25) is 11.9 Å². The third-order valence-corrected chi connectivity index (χ3v) is 3.00. The van der Waals surface area contributed by atoms with Crippen molar-refractivity contribution in [2.75, 3.05) is 24.3 Å². The average molecular weight is 281 g/mol. The lowest BCUT2D eigenvalue weighted by molar-refractivity contribution is 0.0231. The Bertz CT molecular complexity index is 441. The zero-order valence-corrected chi connectivity index (χ0v) is 12.5. The Labute approximate surface area is 119 Å². The molecule has 2 N–H and O–H groups in total. The molecule has 2 rings (SSSR count). The molecule has 7 nitrogen and oxygen atoms in total. The molecule has 2 unspecified atom stereocenters. The fourth-order valence-electron chi connectivity index (χ4n) is 2.11. The predicted molar refractivity (Wildman–Crippen MR) is 77.2 cm³/mol. The first-order chi connectivity index (χ1) is 9.56. The molecule has 1 fully saturated rings. The number of ether oxygens (including phenoxy) is 2. The van der Waals surface area contributed by atoms with Gasteiger partial charge in [-0.2, -0.15) is 15.0 Å². The van der Waals surface area contributed by atoms with Gasteiger partial charge in [-0.05, 0) is 33.6 Å². The van der Waals surface area contributed by atoms with E-state index in [0.29, 0.717) is 23.9 Å². The quantitative estimate of drug-likeness (QED) is 0.849. The van der Waals surface area contributed by atoms with E-state index in [1.807, 2.05) is 13.8 Å². The molecule has 2 atom stereocenters. The maximum Gasteiger partial charge on any atom is 0.323 e. The van der Waals surface area contributed by atoms with Crippen LogP contribution in [0.1, 0.15) is 33.6 Å². The standard InChI is InChI=1S/C13H23N5O2/c1-8(2)20-13-17-11(14-4)16-12(18-13)15-10-5-6-19-9(3)7-10/h8-10H,5-7H2,1-4H3,(H2,14,15,16,17,18). The van der Waals surface area contributed by atoms with Gasteiger partial charge in [0.1, 0.15) is 0 Å². The summed E-state index contributed by atoms with van der Waals surface area (Å²) in [5, 5.41) is 6.26. The molecule has 0 bridgehead atoms. The van der Waals surface area contributed by atoms with Crippen LogP contribution in [0.25, 0.3) is 0 Å². The van der Waals surface area contributed by atoms with Crippen LogP contribution in [0.2, 0.25) is 0 Å². The lowest BCUT2D eigenvalue weighted by Crippen LogP contribution is -2.33. The molecule has 1 aromatic heterocycles. The van der Waals surface area contributed by atoms with Gasteiger partial charge < -0.3 is 20.1 Å². The van der Waals surface area contributed by atoms with Gasteiger partial charge in [-0.15, -0.1) is 0 Å². The number of aromatic nitrogens is 3. The molecule has 0 radical (unpaired) electrons. The molecule has 2 heterocycles. The number of nitrogens with zero attached hydrogens (tertiary/aromatic N) is 3. The summed E-state index contributed by atoms with van der Waals surface area (Å²) >= 11 is 0. The Hall–Kier alpha value is -1.63. The van der Waals surface area contributed by atoms with E-state index in [2.05, 4.69) is 32.5 Å².